The molecule has 2 aliphatic heterocycles. The molecule has 0 spiro atoms. The fourth-order valence-electron chi connectivity index (χ4n) is 3.34. The molecule has 1 N–H and O–H groups in total. The van der Waals surface area contributed by atoms with Gasteiger partial charge in [-0.1, -0.05) is 24.1 Å². The molecule has 0 radical (unpaired) electrons. The van der Waals surface area contributed by atoms with Gasteiger partial charge in [0.15, 0.2) is 0 Å². The van der Waals surface area contributed by atoms with Gasteiger partial charge in [0.1, 0.15) is 0 Å². The molecule has 2 nitrogen and oxygen atoms in total. The van der Waals surface area contributed by atoms with E-state index in [1.165, 1.54) is 63.0 Å². The third-order valence-corrected chi connectivity index (χ3v) is 4.30. The summed E-state index contributed by atoms with van der Waals surface area (Å²) in [4.78, 5) is 2.60. The second kappa shape index (κ2) is 5.31. The average Bonchev–Trinajstić information content (AvgIpc) is 2.40. The van der Waals surface area contributed by atoms with Crippen molar-refractivity contribution < 1.29 is 0 Å². The summed E-state index contributed by atoms with van der Waals surface area (Å²) in [5.41, 5.74) is 4.43. The highest BCUT2D eigenvalue weighted by atomic mass is 15.2. The van der Waals surface area contributed by atoms with Gasteiger partial charge in [-0.05, 0) is 50.8 Å². The Labute approximate surface area is 110 Å². The van der Waals surface area contributed by atoms with Gasteiger partial charge in [0.05, 0.1) is 0 Å². The van der Waals surface area contributed by atoms with Crippen LogP contribution in [-0.4, -0.2) is 25.7 Å². The molecule has 3 rings (SSSR count). The molecule has 1 aromatic rings. The zero-order valence-corrected chi connectivity index (χ0v) is 11.4. The lowest BCUT2D eigenvalue weighted by Gasteiger charge is -2.36. The van der Waals surface area contributed by atoms with Crippen LogP contribution in [0.25, 0.3) is 0 Å². The Morgan fingerprint density at radius 1 is 1.28 bits per heavy atom. The van der Waals surface area contributed by atoms with Gasteiger partial charge in [-0.2, -0.15) is 0 Å². The van der Waals surface area contributed by atoms with Crippen LogP contribution in [0.2, 0.25) is 0 Å². The van der Waals surface area contributed by atoms with Crippen molar-refractivity contribution in [3.8, 4) is 0 Å². The van der Waals surface area contributed by atoms with Crippen molar-refractivity contribution in [1.29, 1.82) is 0 Å². The van der Waals surface area contributed by atoms with Gasteiger partial charge in [-0.3, -0.25) is 0 Å². The number of aryl methyl sites for hydroxylation is 2. The minimum atomic E-state index is 0.700. The second-order valence-electron chi connectivity index (χ2n) is 5.83. The van der Waals surface area contributed by atoms with Crippen LogP contribution in [0.1, 0.15) is 36.8 Å². The Morgan fingerprint density at radius 2 is 2.22 bits per heavy atom. The van der Waals surface area contributed by atoms with E-state index in [0.29, 0.717) is 6.04 Å². The lowest BCUT2D eigenvalue weighted by molar-refractivity contribution is 0.397. The van der Waals surface area contributed by atoms with E-state index in [1.54, 1.807) is 5.56 Å². The zero-order chi connectivity index (χ0) is 12.4. The molecule has 0 bridgehead atoms. The number of anilines is 1. The first-order valence-corrected chi connectivity index (χ1v) is 7.41. The van der Waals surface area contributed by atoms with E-state index in [4.69, 9.17) is 0 Å². The summed E-state index contributed by atoms with van der Waals surface area (Å²) in [7, 11) is 0. The van der Waals surface area contributed by atoms with E-state index in [1.807, 2.05) is 0 Å². The van der Waals surface area contributed by atoms with Gasteiger partial charge in [0.2, 0.25) is 0 Å². The summed E-state index contributed by atoms with van der Waals surface area (Å²) in [5, 5.41) is 3.67. The standard InChI is InChI=1S/C16H24N2/c1-13-7-8-16-14(11-13)5-4-10-18(16)12-15-6-2-3-9-17-15/h7-8,11,15,17H,2-6,9-10,12H2,1H3/t15-/m1/s1. The molecular weight excluding hydrogens is 220 g/mol. The van der Waals surface area contributed by atoms with Crippen molar-refractivity contribution in [2.24, 2.45) is 0 Å². The highest BCUT2D eigenvalue weighted by molar-refractivity contribution is 5.56. The summed E-state index contributed by atoms with van der Waals surface area (Å²) in [6.07, 6.45) is 6.66. The number of piperidine rings is 1. The summed E-state index contributed by atoms with van der Waals surface area (Å²) in [5.74, 6) is 0. The van der Waals surface area contributed by atoms with Gasteiger partial charge < -0.3 is 10.2 Å². The predicted molar refractivity (Wildman–Crippen MR) is 77.4 cm³/mol. The maximum absolute atomic E-state index is 3.67. The van der Waals surface area contributed by atoms with Crippen molar-refractivity contribution in [2.75, 3.05) is 24.5 Å². The molecule has 98 valence electrons. The summed E-state index contributed by atoms with van der Waals surface area (Å²) >= 11 is 0. The predicted octanol–water partition coefficient (Wildman–Crippen LogP) is 2.89. The molecule has 0 unspecified atom stereocenters. The van der Waals surface area contributed by atoms with Crippen LogP contribution in [0.3, 0.4) is 0 Å². The normalized spacial score (nSPS) is 23.8. The second-order valence-corrected chi connectivity index (χ2v) is 5.83. The maximum atomic E-state index is 3.67. The van der Waals surface area contributed by atoms with Crippen molar-refractivity contribution in [3.63, 3.8) is 0 Å². The van der Waals surface area contributed by atoms with E-state index in [-0.39, 0.29) is 0 Å². The molecule has 1 aromatic carbocycles. The van der Waals surface area contributed by atoms with Gasteiger partial charge in [-0.15, -0.1) is 0 Å². The molecule has 0 amide bonds. The van der Waals surface area contributed by atoms with Crippen LogP contribution in [0.15, 0.2) is 18.2 Å². The summed E-state index contributed by atoms with van der Waals surface area (Å²) in [6.45, 7) is 5.82. The quantitative estimate of drug-likeness (QED) is 0.860. The topological polar surface area (TPSA) is 15.3 Å². The van der Waals surface area contributed by atoms with E-state index in [0.717, 1.165) is 0 Å². The number of nitrogens with one attached hydrogen (secondary N) is 1. The van der Waals surface area contributed by atoms with E-state index < -0.39 is 0 Å². The first kappa shape index (κ1) is 12.0. The SMILES string of the molecule is Cc1ccc2c(c1)CCCN2C[C@H]1CCCCN1. The smallest absolute Gasteiger partial charge is 0.0399 e. The van der Waals surface area contributed by atoms with Crippen molar-refractivity contribution >= 4 is 5.69 Å². The van der Waals surface area contributed by atoms with E-state index in [2.05, 4.69) is 35.3 Å². The Balaban J connectivity index is 1.74. The van der Waals surface area contributed by atoms with Crippen LogP contribution in [0.5, 0.6) is 0 Å². The largest absolute Gasteiger partial charge is 0.370 e. The number of rotatable bonds is 2. The van der Waals surface area contributed by atoms with Crippen LogP contribution in [-0.2, 0) is 6.42 Å². The molecule has 1 saturated heterocycles. The molecule has 18 heavy (non-hydrogen) atoms. The minimum Gasteiger partial charge on any atom is -0.370 e. The van der Waals surface area contributed by atoms with Gasteiger partial charge >= 0.3 is 0 Å². The van der Waals surface area contributed by atoms with Gasteiger partial charge in [-0.25, -0.2) is 0 Å². The zero-order valence-electron chi connectivity index (χ0n) is 11.4. The molecule has 2 heterocycles. The maximum Gasteiger partial charge on any atom is 0.0399 e. The Hall–Kier alpha value is -1.02. The molecule has 2 aliphatic rings. The molecule has 0 saturated carbocycles. The number of hydrogen-bond donors (Lipinski definition) is 1. The minimum absolute atomic E-state index is 0.700. The first-order valence-electron chi connectivity index (χ1n) is 7.41. The Bertz CT molecular complexity index is 408. The van der Waals surface area contributed by atoms with Crippen molar-refractivity contribution in [3.05, 3.63) is 29.3 Å². The third-order valence-electron chi connectivity index (χ3n) is 4.30. The lowest BCUT2D eigenvalue weighted by Crippen LogP contribution is -2.45. The van der Waals surface area contributed by atoms with Crippen molar-refractivity contribution in [2.45, 2.75) is 45.1 Å². The molecule has 1 fully saturated rings. The van der Waals surface area contributed by atoms with Crippen LogP contribution >= 0.6 is 0 Å². The van der Waals surface area contributed by atoms with Gasteiger partial charge in [0, 0.05) is 24.8 Å². The van der Waals surface area contributed by atoms with Crippen LogP contribution in [0.4, 0.5) is 5.69 Å². The third kappa shape index (κ3) is 2.54. The van der Waals surface area contributed by atoms with Gasteiger partial charge in [0.25, 0.3) is 0 Å². The lowest BCUT2D eigenvalue weighted by atomic mass is 9.98. The number of benzene rings is 1. The van der Waals surface area contributed by atoms with E-state index in [9.17, 15) is 0 Å². The number of hydrogen-bond acceptors (Lipinski definition) is 2. The highest BCUT2D eigenvalue weighted by Gasteiger charge is 2.21. The van der Waals surface area contributed by atoms with Crippen LogP contribution < -0.4 is 10.2 Å². The first-order chi connectivity index (χ1) is 8.83. The van der Waals surface area contributed by atoms with E-state index >= 15 is 0 Å². The molecule has 0 aromatic heterocycles. The molecule has 1 atom stereocenters. The summed E-state index contributed by atoms with van der Waals surface area (Å²) < 4.78 is 0. The van der Waals surface area contributed by atoms with Crippen LogP contribution in [0, 0.1) is 6.92 Å². The fraction of sp³-hybridized carbons (Fsp3) is 0.625. The Kier molecular flexibility index (Phi) is 3.55. The average molecular weight is 244 g/mol. The number of fused-ring (bicyclic) bond motifs is 1. The number of nitrogens with zero attached hydrogens (tertiary/aromatic N) is 1. The van der Waals surface area contributed by atoms with Crippen molar-refractivity contribution in [1.82, 2.24) is 5.32 Å². The molecule has 2 heteroatoms. The monoisotopic (exact) mass is 244 g/mol. The molecule has 0 aliphatic carbocycles. The fourth-order valence-corrected chi connectivity index (χ4v) is 3.34. The molecular formula is C16H24N2. The Morgan fingerprint density at radius 3 is 3.06 bits per heavy atom. The highest BCUT2D eigenvalue weighted by Crippen LogP contribution is 2.28. The summed E-state index contributed by atoms with van der Waals surface area (Å²) in [6, 6.07) is 7.65.